The maximum absolute atomic E-state index is 10.1. The van der Waals surface area contributed by atoms with Gasteiger partial charge in [0.05, 0.1) is 13.2 Å². The third kappa shape index (κ3) is 3.80. The van der Waals surface area contributed by atoms with Gasteiger partial charge in [0.15, 0.2) is 6.29 Å². The van der Waals surface area contributed by atoms with Crippen molar-refractivity contribution in [3.63, 3.8) is 0 Å². The molecule has 2 rings (SSSR count). The van der Waals surface area contributed by atoms with E-state index in [0.717, 1.165) is 0 Å². The molecule has 7 N–H and O–H groups in total. The summed E-state index contributed by atoms with van der Waals surface area (Å²) in [6.07, 6.45) is -12.9. The summed E-state index contributed by atoms with van der Waals surface area (Å²) < 4.78 is 15.7. The molecule has 136 valence electrons. The third-order valence-electron chi connectivity index (χ3n) is 3.98. The van der Waals surface area contributed by atoms with E-state index in [-0.39, 0.29) is 0 Å². The lowest BCUT2D eigenvalue weighted by Gasteiger charge is -2.45. The van der Waals surface area contributed by atoms with Crippen LogP contribution in [0.25, 0.3) is 0 Å². The Bertz CT molecular complexity index is 383. The third-order valence-corrected chi connectivity index (χ3v) is 4.41. The molecule has 0 aliphatic carbocycles. The van der Waals surface area contributed by atoms with Crippen LogP contribution < -0.4 is 0 Å². The van der Waals surface area contributed by atoms with Crippen molar-refractivity contribution >= 4 is 12.6 Å². The van der Waals surface area contributed by atoms with Crippen molar-refractivity contribution in [2.24, 2.45) is 0 Å². The molecule has 2 aliphatic heterocycles. The van der Waals surface area contributed by atoms with E-state index in [9.17, 15) is 30.6 Å². The Hall–Kier alpha value is -0.0500. The molecule has 0 aromatic heterocycles. The zero-order chi connectivity index (χ0) is 17.3. The van der Waals surface area contributed by atoms with Gasteiger partial charge in [0.1, 0.15) is 54.3 Å². The Morgan fingerprint density at radius 3 is 1.91 bits per heavy atom. The molecule has 0 bridgehead atoms. The molecule has 0 radical (unpaired) electrons. The van der Waals surface area contributed by atoms with Crippen LogP contribution in [0.4, 0.5) is 0 Å². The molecule has 23 heavy (non-hydrogen) atoms. The molecule has 0 amide bonds. The Morgan fingerprint density at radius 2 is 1.35 bits per heavy atom. The lowest BCUT2D eigenvalue weighted by molar-refractivity contribution is -0.338. The van der Waals surface area contributed by atoms with Gasteiger partial charge in [-0.15, -0.1) is 12.6 Å². The van der Waals surface area contributed by atoms with E-state index in [4.69, 9.17) is 19.3 Å². The van der Waals surface area contributed by atoms with Crippen LogP contribution in [-0.4, -0.2) is 110 Å². The zero-order valence-electron chi connectivity index (χ0n) is 12.0. The van der Waals surface area contributed by atoms with Gasteiger partial charge in [-0.2, -0.15) is 0 Å². The highest BCUT2D eigenvalue weighted by Gasteiger charge is 2.49. The number of thiol groups is 1. The molecule has 11 heteroatoms. The highest BCUT2D eigenvalue weighted by Crippen LogP contribution is 2.29. The molecular weight excluding hydrogens is 336 g/mol. The van der Waals surface area contributed by atoms with Crippen LogP contribution in [-0.2, 0) is 14.2 Å². The molecule has 10 atom stereocenters. The summed E-state index contributed by atoms with van der Waals surface area (Å²) in [6, 6.07) is 0. The first-order valence-corrected chi connectivity index (χ1v) is 7.60. The highest BCUT2D eigenvalue weighted by atomic mass is 32.1. The first kappa shape index (κ1) is 19.3. The predicted molar refractivity (Wildman–Crippen MR) is 75.4 cm³/mol. The molecule has 0 aromatic rings. The fourth-order valence-electron chi connectivity index (χ4n) is 2.57. The van der Waals surface area contributed by atoms with Crippen LogP contribution in [0.5, 0.6) is 0 Å². The molecular formula is C12H22O10S. The number of hydrogen-bond acceptors (Lipinski definition) is 11. The second kappa shape index (κ2) is 7.89. The molecule has 10 nitrogen and oxygen atoms in total. The van der Waals surface area contributed by atoms with E-state index in [1.165, 1.54) is 0 Å². The van der Waals surface area contributed by atoms with Gasteiger partial charge in [-0.25, -0.2) is 0 Å². The monoisotopic (exact) mass is 358 g/mol. The Labute approximate surface area is 137 Å². The molecule has 2 fully saturated rings. The summed E-state index contributed by atoms with van der Waals surface area (Å²) in [5, 5.41) is 67.6. The van der Waals surface area contributed by atoms with Crippen molar-refractivity contribution in [3.05, 3.63) is 0 Å². The van der Waals surface area contributed by atoms with Gasteiger partial charge in [-0.1, -0.05) is 0 Å². The van der Waals surface area contributed by atoms with E-state index < -0.39 is 73.8 Å². The normalized spacial score (nSPS) is 51.7. The summed E-state index contributed by atoms with van der Waals surface area (Å²) in [6.45, 7) is -1.21. The minimum Gasteiger partial charge on any atom is -0.394 e. The Balaban J connectivity index is 2.11. The van der Waals surface area contributed by atoms with Crippen LogP contribution in [0.3, 0.4) is 0 Å². The standard InChI is InChI=1S/C12H22O10S/c13-1-3-5(15)6(16)8(18)11(20-3)22-10-4(2-14)21-12(23)9(19)7(10)17/h3-19,23H,1-2H2/t3?,4?,5-,6-,7?,8-,9-,10+,11?,12?/m0/s1. The number of hydrogen-bond donors (Lipinski definition) is 8. The van der Waals surface area contributed by atoms with Crippen molar-refractivity contribution in [2.45, 2.75) is 60.6 Å². The molecule has 0 aromatic carbocycles. The number of ether oxygens (including phenoxy) is 3. The first-order valence-electron chi connectivity index (χ1n) is 7.08. The van der Waals surface area contributed by atoms with Crippen LogP contribution in [0.15, 0.2) is 0 Å². The maximum Gasteiger partial charge on any atom is 0.187 e. The summed E-state index contributed by atoms with van der Waals surface area (Å²) in [4.78, 5) is 0. The summed E-state index contributed by atoms with van der Waals surface area (Å²) in [7, 11) is 0. The zero-order valence-corrected chi connectivity index (χ0v) is 12.9. The minimum atomic E-state index is -1.68. The van der Waals surface area contributed by atoms with E-state index in [1.54, 1.807) is 0 Å². The van der Waals surface area contributed by atoms with Gasteiger partial charge in [0.25, 0.3) is 0 Å². The first-order chi connectivity index (χ1) is 10.8. The van der Waals surface area contributed by atoms with Crippen molar-refractivity contribution in [3.8, 4) is 0 Å². The van der Waals surface area contributed by atoms with E-state index in [0.29, 0.717) is 0 Å². The lowest BCUT2D eigenvalue weighted by atomic mass is 9.97. The number of rotatable bonds is 4. The smallest absolute Gasteiger partial charge is 0.187 e. The van der Waals surface area contributed by atoms with Crippen molar-refractivity contribution in [1.82, 2.24) is 0 Å². The van der Waals surface area contributed by atoms with Gasteiger partial charge in [-0.3, -0.25) is 0 Å². The topological polar surface area (TPSA) is 169 Å². The average Bonchev–Trinajstić information content (AvgIpc) is 2.55. The number of aliphatic hydroxyl groups is 7. The Morgan fingerprint density at radius 1 is 0.739 bits per heavy atom. The van der Waals surface area contributed by atoms with Crippen LogP contribution in [0.2, 0.25) is 0 Å². The maximum atomic E-state index is 10.1. The van der Waals surface area contributed by atoms with Crippen LogP contribution >= 0.6 is 12.6 Å². The van der Waals surface area contributed by atoms with Crippen LogP contribution in [0, 0.1) is 0 Å². The van der Waals surface area contributed by atoms with Crippen molar-refractivity contribution < 1.29 is 50.0 Å². The SMILES string of the molecule is OCC1OC(S)[C@@H](O)C(O)[C@@H]1OC1OC(CO)[C@H](O)[C@H](O)[C@@H]1O. The lowest BCUT2D eigenvalue weighted by Crippen LogP contribution is -2.63. The minimum absolute atomic E-state index is 0.567. The fourth-order valence-corrected chi connectivity index (χ4v) is 2.90. The molecule has 5 unspecified atom stereocenters. The van der Waals surface area contributed by atoms with Crippen molar-refractivity contribution in [2.75, 3.05) is 13.2 Å². The van der Waals surface area contributed by atoms with E-state index in [2.05, 4.69) is 12.6 Å². The molecule has 2 aliphatic rings. The largest absolute Gasteiger partial charge is 0.394 e. The summed E-state index contributed by atoms with van der Waals surface area (Å²) >= 11 is 3.92. The van der Waals surface area contributed by atoms with Gasteiger partial charge < -0.3 is 50.0 Å². The Kier molecular flexibility index (Phi) is 6.61. The van der Waals surface area contributed by atoms with Gasteiger partial charge in [-0.05, 0) is 0 Å². The molecule has 0 spiro atoms. The fraction of sp³-hybridized carbons (Fsp3) is 1.00. The van der Waals surface area contributed by atoms with Crippen LogP contribution in [0.1, 0.15) is 0 Å². The predicted octanol–water partition coefficient (Wildman–Crippen LogP) is -4.46. The second-order valence-corrected chi connectivity index (χ2v) is 6.04. The van der Waals surface area contributed by atoms with Gasteiger partial charge in [0, 0.05) is 0 Å². The van der Waals surface area contributed by atoms with E-state index in [1.807, 2.05) is 0 Å². The molecule has 2 saturated heterocycles. The van der Waals surface area contributed by atoms with Crippen molar-refractivity contribution in [1.29, 1.82) is 0 Å². The van der Waals surface area contributed by atoms with Gasteiger partial charge in [0.2, 0.25) is 0 Å². The summed E-state index contributed by atoms with van der Waals surface area (Å²) in [5.74, 6) is 0. The average molecular weight is 358 g/mol. The highest BCUT2D eigenvalue weighted by molar-refractivity contribution is 7.80. The molecule has 2 heterocycles. The van der Waals surface area contributed by atoms with E-state index >= 15 is 0 Å². The quantitative estimate of drug-likeness (QED) is 0.229. The second-order valence-electron chi connectivity index (χ2n) is 5.53. The number of aliphatic hydroxyl groups excluding tert-OH is 7. The molecule has 0 saturated carbocycles. The van der Waals surface area contributed by atoms with Gasteiger partial charge >= 0.3 is 0 Å². The summed E-state index contributed by atoms with van der Waals surface area (Å²) in [5.41, 5.74) is -1.04.